The Morgan fingerprint density at radius 2 is 1.72 bits per heavy atom. The van der Waals surface area contributed by atoms with Crippen molar-refractivity contribution in [2.24, 2.45) is 23.7 Å². The minimum absolute atomic E-state index is 0.0464. The Morgan fingerprint density at radius 1 is 1.04 bits per heavy atom. The summed E-state index contributed by atoms with van der Waals surface area (Å²) in [6.45, 7) is 9.63. The molecule has 0 aliphatic carbocycles. The number of allylic oxidation sites excluding steroid dienone is 3. The van der Waals surface area contributed by atoms with E-state index in [1.807, 2.05) is 46.8 Å². The molecule has 1 aliphatic rings. The standard InChI is InChI=1S/C21H32O4/c1-6-19-14(2)9-7-8-10-18(22)16(4)13-17(5)21(24)15(3)11-12-20(23)25-19/h7-12,14-17,19,21,24H,6,13H2,1-5H3/t14-,15-,16+,17-,19+,21+/m0/s1. The van der Waals surface area contributed by atoms with Crippen molar-refractivity contribution in [2.45, 2.75) is 59.7 Å². The topological polar surface area (TPSA) is 63.6 Å². The molecule has 0 saturated carbocycles. The largest absolute Gasteiger partial charge is 0.459 e. The van der Waals surface area contributed by atoms with Crippen LogP contribution in [0.15, 0.2) is 36.5 Å². The summed E-state index contributed by atoms with van der Waals surface area (Å²) in [6.07, 6.45) is 10.7. The molecule has 1 N–H and O–H groups in total. The highest BCUT2D eigenvalue weighted by atomic mass is 16.5. The van der Waals surface area contributed by atoms with Gasteiger partial charge in [-0.2, -0.15) is 0 Å². The summed E-state index contributed by atoms with van der Waals surface area (Å²) < 4.78 is 5.51. The minimum atomic E-state index is -0.614. The van der Waals surface area contributed by atoms with Gasteiger partial charge < -0.3 is 9.84 Å². The normalized spacial score (nSPS) is 35.6. The third-order valence-electron chi connectivity index (χ3n) is 4.91. The fourth-order valence-electron chi connectivity index (χ4n) is 3.10. The minimum Gasteiger partial charge on any atom is -0.459 e. The number of hydrogen-bond acceptors (Lipinski definition) is 4. The van der Waals surface area contributed by atoms with Crippen LogP contribution in [0.25, 0.3) is 0 Å². The van der Waals surface area contributed by atoms with Gasteiger partial charge in [0.1, 0.15) is 6.10 Å². The SMILES string of the molecule is CC[C@H]1OC(=O)C=C[C@H](C)[C@@H](O)[C@@H](C)C[C@@H](C)C(=O)C=CC=C[C@@H]1C. The van der Waals surface area contributed by atoms with Crippen LogP contribution < -0.4 is 0 Å². The Labute approximate surface area is 151 Å². The van der Waals surface area contributed by atoms with Gasteiger partial charge in [-0.1, -0.05) is 58.9 Å². The summed E-state index contributed by atoms with van der Waals surface area (Å²) in [5.41, 5.74) is 0. The second-order valence-electron chi connectivity index (χ2n) is 7.21. The molecule has 1 heterocycles. The van der Waals surface area contributed by atoms with E-state index in [0.717, 1.165) is 0 Å². The van der Waals surface area contributed by atoms with Crippen molar-refractivity contribution in [1.29, 1.82) is 0 Å². The van der Waals surface area contributed by atoms with Crippen molar-refractivity contribution in [1.82, 2.24) is 0 Å². The number of carbonyl (C=O) groups excluding carboxylic acids is 2. The lowest BCUT2D eigenvalue weighted by molar-refractivity contribution is -0.144. The molecule has 0 spiro atoms. The number of aliphatic hydroxyl groups excluding tert-OH is 1. The zero-order valence-corrected chi connectivity index (χ0v) is 16.0. The van der Waals surface area contributed by atoms with Crippen LogP contribution in [0.2, 0.25) is 0 Å². The van der Waals surface area contributed by atoms with Gasteiger partial charge in [-0.25, -0.2) is 4.79 Å². The van der Waals surface area contributed by atoms with E-state index in [4.69, 9.17) is 4.74 Å². The molecule has 4 nitrogen and oxygen atoms in total. The van der Waals surface area contributed by atoms with Gasteiger partial charge in [0.2, 0.25) is 0 Å². The predicted octanol–water partition coefficient (Wildman–Crippen LogP) is 3.85. The van der Waals surface area contributed by atoms with E-state index in [1.54, 1.807) is 18.2 Å². The summed E-state index contributed by atoms with van der Waals surface area (Å²) in [7, 11) is 0. The fourth-order valence-corrected chi connectivity index (χ4v) is 3.10. The average Bonchev–Trinajstić information content (AvgIpc) is 2.58. The first-order valence-corrected chi connectivity index (χ1v) is 9.21. The van der Waals surface area contributed by atoms with E-state index < -0.39 is 6.10 Å². The summed E-state index contributed by atoms with van der Waals surface area (Å²) in [5, 5.41) is 10.4. The predicted molar refractivity (Wildman–Crippen MR) is 99.9 cm³/mol. The highest BCUT2D eigenvalue weighted by Gasteiger charge is 2.24. The van der Waals surface area contributed by atoms with E-state index in [0.29, 0.717) is 12.8 Å². The van der Waals surface area contributed by atoms with Crippen LogP contribution in [0.5, 0.6) is 0 Å². The monoisotopic (exact) mass is 348 g/mol. The summed E-state index contributed by atoms with van der Waals surface area (Å²) in [5.74, 6) is -0.657. The fraction of sp³-hybridized carbons (Fsp3) is 0.619. The summed E-state index contributed by atoms with van der Waals surface area (Å²) in [6, 6.07) is 0. The molecule has 1 rings (SSSR count). The van der Waals surface area contributed by atoms with E-state index >= 15 is 0 Å². The second kappa shape index (κ2) is 10.3. The molecule has 140 valence electrons. The van der Waals surface area contributed by atoms with Gasteiger partial charge in [0, 0.05) is 23.8 Å². The third-order valence-corrected chi connectivity index (χ3v) is 4.91. The number of carbonyl (C=O) groups is 2. The number of aliphatic hydroxyl groups is 1. The van der Waals surface area contributed by atoms with Crippen molar-refractivity contribution in [3.05, 3.63) is 36.5 Å². The van der Waals surface area contributed by atoms with Crippen LogP contribution >= 0.6 is 0 Å². The Kier molecular flexibility index (Phi) is 8.84. The molecule has 0 aromatic rings. The molecule has 0 aromatic heterocycles. The first-order valence-electron chi connectivity index (χ1n) is 9.21. The van der Waals surface area contributed by atoms with Crippen LogP contribution in [-0.4, -0.2) is 29.1 Å². The second-order valence-corrected chi connectivity index (χ2v) is 7.21. The van der Waals surface area contributed by atoms with Crippen molar-refractivity contribution < 1.29 is 19.4 Å². The van der Waals surface area contributed by atoms with Gasteiger partial charge in [0.25, 0.3) is 0 Å². The van der Waals surface area contributed by atoms with Gasteiger partial charge in [-0.05, 0) is 24.8 Å². The molecule has 0 amide bonds. The molecular weight excluding hydrogens is 316 g/mol. The van der Waals surface area contributed by atoms with Crippen molar-refractivity contribution in [3.63, 3.8) is 0 Å². The lowest BCUT2D eigenvalue weighted by atomic mass is 9.85. The summed E-state index contributed by atoms with van der Waals surface area (Å²) in [4.78, 5) is 24.2. The van der Waals surface area contributed by atoms with Gasteiger partial charge in [0.05, 0.1) is 6.10 Å². The van der Waals surface area contributed by atoms with Gasteiger partial charge >= 0.3 is 5.97 Å². The van der Waals surface area contributed by atoms with Crippen LogP contribution in [0.3, 0.4) is 0 Å². The van der Waals surface area contributed by atoms with Crippen molar-refractivity contribution in [3.8, 4) is 0 Å². The average molecular weight is 348 g/mol. The molecule has 4 heteroatoms. The third kappa shape index (κ3) is 6.99. The molecule has 0 saturated heterocycles. The van der Waals surface area contributed by atoms with Crippen molar-refractivity contribution >= 4 is 11.8 Å². The molecule has 0 fully saturated rings. The van der Waals surface area contributed by atoms with E-state index in [1.165, 1.54) is 6.08 Å². The Bertz CT molecular complexity index is 532. The Balaban J connectivity index is 3.03. The molecule has 0 bridgehead atoms. The zero-order valence-electron chi connectivity index (χ0n) is 16.0. The molecule has 25 heavy (non-hydrogen) atoms. The van der Waals surface area contributed by atoms with E-state index in [9.17, 15) is 14.7 Å². The first-order chi connectivity index (χ1) is 11.8. The van der Waals surface area contributed by atoms with Crippen LogP contribution in [-0.2, 0) is 14.3 Å². The highest BCUT2D eigenvalue weighted by molar-refractivity contribution is 5.91. The van der Waals surface area contributed by atoms with Gasteiger partial charge in [-0.15, -0.1) is 0 Å². The van der Waals surface area contributed by atoms with E-state index in [-0.39, 0.29) is 41.5 Å². The Hall–Kier alpha value is -1.68. The van der Waals surface area contributed by atoms with Crippen LogP contribution in [0.1, 0.15) is 47.5 Å². The quantitative estimate of drug-likeness (QED) is 0.731. The van der Waals surface area contributed by atoms with Gasteiger partial charge in [-0.3, -0.25) is 4.79 Å². The molecule has 1 aliphatic heterocycles. The van der Waals surface area contributed by atoms with E-state index in [2.05, 4.69) is 0 Å². The molecule has 0 aromatic carbocycles. The molecular formula is C21H32O4. The maximum atomic E-state index is 12.2. The smallest absolute Gasteiger partial charge is 0.330 e. The Morgan fingerprint density at radius 3 is 2.36 bits per heavy atom. The zero-order chi connectivity index (χ0) is 19.0. The molecule has 0 radical (unpaired) electrons. The maximum absolute atomic E-state index is 12.2. The van der Waals surface area contributed by atoms with Crippen LogP contribution in [0, 0.1) is 23.7 Å². The van der Waals surface area contributed by atoms with Gasteiger partial charge in [0.15, 0.2) is 5.78 Å². The van der Waals surface area contributed by atoms with Crippen LogP contribution in [0.4, 0.5) is 0 Å². The first kappa shape index (κ1) is 21.4. The number of esters is 1. The number of cyclic esters (lactones) is 1. The summed E-state index contributed by atoms with van der Waals surface area (Å²) >= 11 is 0. The number of rotatable bonds is 1. The number of ketones is 1. The van der Waals surface area contributed by atoms with Crippen molar-refractivity contribution in [2.75, 3.05) is 0 Å². The molecule has 6 atom stereocenters. The number of hydrogen-bond donors (Lipinski definition) is 1. The highest BCUT2D eigenvalue weighted by Crippen LogP contribution is 2.22. The molecule has 0 unspecified atom stereocenters. The lowest BCUT2D eigenvalue weighted by Crippen LogP contribution is -2.28. The number of ether oxygens (including phenoxy) is 1. The maximum Gasteiger partial charge on any atom is 0.330 e. The lowest BCUT2D eigenvalue weighted by Gasteiger charge is -2.25.